The maximum atomic E-state index is 13.6. The van der Waals surface area contributed by atoms with Crippen molar-refractivity contribution in [2.45, 2.75) is 59.2 Å². The summed E-state index contributed by atoms with van der Waals surface area (Å²) in [5, 5.41) is 22.3. The van der Waals surface area contributed by atoms with Gasteiger partial charge in [0.05, 0.1) is 35.9 Å². The zero-order valence-corrected chi connectivity index (χ0v) is 25.8. The molecule has 0 unspecified atom stereocenters. The van der Waals surface area contributed by atoms with E-state index in [2.05, 4.69) is 42.4 Å². The molecule has 0 spiro atoms. The number of carbonyl (C=O) groups is 2. The van der Waals surface area contributed by atoms with E-state index in [1.54, 1.807) is 41.2 Å². The van der Waals surface area contributed by atoms with E-state index in [0.29, 0.717) is 49.8 Å². The molecule has 0 saturated heterocycles. The van der Waals surface area contributed by atoms with E-state index in [1.165, 1.54) is 9.56 Å². The number of thiophene rings is 1. The second-order valence-electron chi connectivity index (χ2n) is 12.1. The average Bonchev–Trinajstić information content (AvgIpc) is 3.64. The number of anilines is 3. The van der Waals surface area contributed by atoms with Gasteiger partial charge in [0.25, 0.3) is 11.5 Å². The van der Waals surface area contributed by atoms with Crippen molar-refractivity contribution in [3.05, 3.63) is 73.3 Å². The normalized spacial score (nSPS) is 14.7. The molecule has 0 bridgehead atoms. The van der Waals surface area contributed by atoms with E-state index in [9.17, 15) is 19.5 Å². The maximum absolute atomic E-state index is 13.6. The van der Waals surface area contributed by atoms with Crippen LogP contribution in [0.25, 0.3) is 11.3 Å². The summed E-state index contributed by atoms with van der Waals surface area (Å²) in [5.74, 6) is 0.466. The number of nitrogens with zero attached hydrogens (tertiary/aromatic N) is 6. The van der Waals surface area contributed by atoms with E-state index in [1.807, 2.05) is 28.9 Å². The molecule has 2 aliphatic rings. The molecule has 6 rings (SSSR count). The Balaban J connectivity index is 1.34. The van der Waals surface area contributed by atoms with Gasteiger partial charge in [-0.15, -0.1) is 11.3 Å². The van der Waals surface area contributed by atoms with Gasteiger partial charge in [-0.05, 0) is 41.2 Å². The zero-order chi connectivity index (χ0) is 30.6. The summed E-state index contributed by atoms with van der Waals surface area (Å²) in [6, 6.07) is 11.3. The van der Waals surface area contributed by atoms with Gasteiger partial charge in [-0.1, -0.05) is 32.9 Å². The fourth-order valence-electron chi connectivity index (χ4n) is 5.66. The van der Waals surface area contributed by atoms with Gasteiger partial charge in [-0.2, -0.15) is 10.2 Å². The van der Waals surface area contributed by atoms with Crippen LogP contribution in [0.4, 0.5) is 17.2 Å². The van der Waals surface area contributed by atoms with Gasteiger partial charge < -0.3 is 20.2 Å². The van der Waals surface area contributed by atoms with Crippen molar-refractivity contribution in [1.82, 2.24) is 24.5 Å². The van der Waals surface area contributed by atoms with Crippen LogP contribution in [0.15, 0.2) is 41.2 Å². The summed E-state index contributed by atoms with van der Waals surface area (Å²) >= 11 is 1.55. The van der Waals surface area contributed by atoms with Crippen molar-refractivity contribution in [1.29, 1.82) is 0 Å². The molecule has 11 nitrogen and oxygen atoms in total. The predicted octanol–water partition coefficient (Wildman–Crippen LogP) is 3.80. The zero-order valence-electron chi connectivity index (χ0n) is 25.0. The number of carbonyl (C=O) groups excluding carboxylic acids is 2. The lowest BCUT2D eigenvalue weighted by atomic mass is 9.94. The molecule has 3 aromatic heterocycles. The summed E-state index contributed by atoms with van der Waals surface area (Å²) < 4.78 is 3.11. The van der Waals surface area contributed by atoms with Crippen LogP contribution in [0.1, 0.15) is 59.1 Å². The Labute approximate surface area is 253 Å². The summed E-state index contributed by atoms with van der Waals surface area (Å²) in [7, 11) is 1.59. The number of hydrogen-bond acceptors (Lipinski definition) is 8. The lowest BCUT2D eigenvalue weighted by Crippen LogP contribution is -2.36. The fourth-order valence-corrected chi connectivity index (χ4v) is 6.84. The summed E-state index contributed by atoms with van der Waals surface area (Å²) in [5.41, 5.74) is 4.58. The number of amides is 2. The van der Waals surface area contributed by atoms with Crippen molar-refractivity contribution in [2.24, 2.45) is 7.05 Å². The third-order valence-corrected chi connectivity index (χ3v) is 9.56. The van der Waals surface area contributed by atoms with Crippen LogP contribution in [-0.4, -0.2) is 54.5 Å². The first kappa shape index (κ1) is 28.8. The summed E-state index contributed by atoms with van der Waals surface area (Å²) in [4.78, 5) is 44.0. The molecule has 0 atom stereocenters. The van der Waals surface area contributed by atoms with Crippen molar-refractivity contribution >= 4 is 40.3 Å². The minimum Gasteiger partial charge on any atom is -0.396 e. The van der Waals surface area contributed by atoms with Gasteiger partial charge in [0.1, 0.15) is 5.69 Å². The van der Waals surface area contributed by atoms with Gasteiger partial charge >= 0.3 is 0 Å². The van der Waals surface area contributed by atoms with Gasteiger partial charge in [-0.25, -0.2) is 4.68 Å². The molecule has 12 heteroatoms. The largest absolute Gasteiger partial charge is 0.396 e. The SMILES string of the molecule is CC(=O)N1CCn2nc(Nc3cc(-c4cccc(N5Cc6cc(C(C)(C)C)sc6C5=O)c4CCO)nn(C)c3=O)cc2C1. The van der Waals surface area contributed by atoms with E-state index < -0.39 is 0 Å². The number of aliphatic hydroxyl groups is 1. The number of rotatable bonds is 6. The molecular weight excluding hydrogens is 566 g/mol. The molecule has 43 heavy (non-hydrogen) atoms. The molecular formula is C31H35N7O4S. The van der Waals surface area contributed by atoms with E-state index in [4.69, 9.17) is 0 Å². The Bertz CT molecular complexity index is 1810. The average molecular weight is 602 g/mol. The van der Waals surface area contributed by atoms with E-state index in [0.717, 1.165) is 32.9 Å². The highest BCUT2D eigenvalue weighted by molar-refractivity contribution is 7.14. The van der Waals surface area contributed by atoms with Crippen molar-refractivity contribution in [2.75, 3.05) is 23.4 Å². The quantitative estimate of drug-likeness (QED) is 0.344. The first-order chi connectivity index (χ1) is 20.4. The highest BCUT2D eigenvalue weighted by Gasteiger charge is 2.34. The lowest BCUT2D eigenvalue weighted by molar-refractivity contribution is -0.130. The first-order valence-corrected chi connectivity index (χ1v) is 15.1. The number of nitrogens with one attached hydrogen (secondary N) is 1. The Hall–Kier alpha value is -4.29. The van der Waals surface area contributed by atoms with Gasteiger partial charge in [0, 0.05) is 49.3 Å². The van der Waals surface area contributed by atoms with Crippen LogP contribution < -0.4 is 15.8 Å². The molecule has 1 aromatic carbocycles. The number of hydrogen-bond donors (Lipinski definition) is 2. The second kappa shape index (κ2) is 10.8. The molecule has 2 amide bonds. The minimum absolute atomic E-state index is 0.0106. The second-order valence-corrected chi connectivity index (χ2v) is 13.1. The van der Waals surface area contributed by atoms with Gasteiger partial charge in [0.2, 0.25) is 5.91 Å². The molecule has 0 fully saturated rings. The molecule has 2 aliphatic heterocycles. The van der Waals surface area contributed by atoms with Crippen LogP contribution in [0.5, 0.6) is 0 Å². The van der Waals surface area contributed by atoms with Crippen LogP contribution in [-0.2, 0) is 43.3 Å². The fraction of sp³-hybridized carbons (Fsp3) is 0.387. The summed E-state index contributed by atoms with van der Waals surface area (Å²) in [6.45, 7) is 9.95. The number of fused-ring (bicyclic) bond motifs is 2. The van der Waals surface area contributed by atoms with Crippen LogP contribution in [0.3, 0.4) is 0 Å². The predicted molar refractivity (Wildman–Crippen MR) is 166 cm³/mol. The molecule has 0 aliphatic carbocycles. The Morgan fingerprint density at radius 2 is 1.88 bits per heavy atom. The smallest absolute Gasteiger partial charge is 0.290 e. The number of aromatic nitrogens is 4. The van der Waals surface area contributed by atoms with Crippen LogP contribution in [0.2, 0.25) is 0 Å². The third-order valence-electron chi connectivity index (χ3n) is 7.96. The summed E-state index contributed by atoms with van der Waals surface area (Å²) in [6.07, 6.45) is 0.309. The van der Waals surface area contributed by atoms with E-state index in [-0.39, 0.29) is 29.4 Å². The third kappa shape index (κ3) is 5.25. The molecule has 224 valence electrons. The number of aryl methyl sites for hydroxylation is 1. The van der Waals surface area contributed by atoms with Crippen molar-refractivity contribution in [3.63, 3.8) is 0 Å². The first-order valence-electron chi connectivity index (χ1n) is 14.3. The van der Waals surface area contributed by atoms with Crippen LogP contribution in [0, 0.1) is 0 Å². The maximum Gasteiger partial charge on any atom is 0.290 e. The monoisotopic (exact) mass is 601 g/mol. The topological polar surface area (TPSA) is 126 Å². The number of benzene rings is 1. The van der Waals surface area contributed by atoms with Gasteiger partial charge in [0.15, 0.2) is 5.82 Å². The standard InChI is InChI=1S/C31H35N7O4S/c1-18(40)36-10-11-38-20(17-36)14-27(34-38)32-24-15-23(33-35(5)29(24)41)21-7-6-8-25(22(21)9-12-39)37-16-19-13-26(31(2,3)4)43-28(19)30(37)42/h6-8,13-15,39H,9-12,16-17H2,1-5H3,(H,32,34). The van der Waals surface area contributed by atoms with E-state index >= 15 is 0 Å². The molecule has 0 radical (unpaired) electrons. The molecule has 4 aromatic rings. The van der Waals surface area contributed by atoms with Crippen molar-refractivity contribution < 1.29 is 14.7 Å². The number of aliphatic hydroxyl groups excluding tert-OH is 1. The molecule has 0 saturated carbocycles. The van der Waals surface area contributed by atoms with Gasteiger partial charge in [-0.3, -0.25) is 19.1 Å². The van der Waals surface area contributed by atoms with Crippen molar-refractivity contribution in [3.8, 4) is 11.3 Å². The Kier molecular flexibility index (Phi) is 7.21. The minimum atomic E-state index is -0.325. The molecule has 5 heterocycles. The lowest BCUT2D eigenvalue weighted by Gasteiger charge is -2.26. The Morgan fingerprint density at radius 3 is 2.58 bits per heavy atom. The highest BCUT2D eigenvalue weighted by atomic mass is 32.1. The highest BCUT2D eigenvalue weighted by Crippen LogP contribution is 2.41. The van der Waals surface area contributed by atoms with Crippen LogP contribution >= 0.6 is 11.3 Å². The Morgan fingerprint density at radius 1 is 1.09 bits per heavy atom. The molecule has 2 N–H and O–H groups in total.